The lowest BCUT2D eigenvalue weighted by Gasteiger charge is -2.15. The van der Waals surface area contributed by atoms with E-state index in [1.165, 1.54) is 4.68 Å². The molecule has 0 radical (unpaired) electrons. The van der Waals surface area contributed by atoms with Crippen LogP contribution in [-0.2, 0) is 36.5 Å². The third-order valence-corrected chi connectivity index (χ3v) is 8.83. The minimum atomic E-state index is -4.44. The molecule has 0 bridgehead atoms. The molecular formula is C36H40BrF3N4O3. The first-order valence-corrected chi connectivity index (χ1v) is 17.0. The van der Waals surface area contributed by atoms with E-state index in [-0.39, 0.29) is 12.3 Å². The number of halogens is 4. The number of para-hydroxylation sites is 1. The van der Waals surface area contributed by atoms with Gasteiger partial charge in [0.1, 0.15) is 11.4 Å². The molecule has 0 aliphatic carbocycles. The molecular weight excluding hydrogens is 673 g/mol. The van der Waals surface area contributed by atoms with Gasteiger partial charge < -0.3 is 19.4 Å². The zero-order chi connectivity index (χ0) is 33.6. The Morgan fingerprint density at radius 1 is 1.00 bits per heavy atom. The number of aromatic nitrogens is 3. The van der Waals surface area contributed by atoms with E-state index in [1.54, 1.807) is 14.0 Å². The van der Waals surface area contributed by atoms with E-state index < -0.39 is 18.6 Å². The van der Waals surface area contributed by atoms with E-state index in [9.17, 15) is 18.0 Å². The minimum Gasteiger partial charge on any atom is -0.493 e. The highest BCUT2D eigenvalue weighted by atomic mass is 79.9. The zero-order valence-electron chi connectivity index (χ0n) is 26.9. The predicted molar refractivity (Wildman–Crippen MR) is 183 cm³/mol. The Morgan fingerprint density at radius 3 is 2.49 bits per heavy atom. The van der Waals surface area contributed by atoms with E-state index in [0.717, 1.165) is 46.9 Å². The largest absolute Gasteiger partial charge is 0.493 e. The number of benzene rings is 3. The van der Waals surface area contributed by atoms with Crippen molar-refractivity contribution in [3.63, 3.8) is 0 Å². The predicted octanol–water partition coefficient (Wildman–Crippen LogP) is 8.38. The molecule has 0 aliphatic rings. The highest BCUT2D eigenvalue weighted by Crippen LogP contribution is 2.40. The monoisotopic (exact) mass is 712 g/mol. The SMILES string of the molecule is CCOC(=O)c1c(CCCOc2cccc3ccccc23)c2cccc(-c3c(CC(F)(F)F)nn(C)c3CBr)c2n1CCCCNC. The average molecular weight is 714 g/mol. The second-order valence-electron chi connectivity index (χ2n) is 11.5. The summed E-state index contributed by atoms with van der Waals surface area (Å²) in [4.78, 5) is 13.7. The number of hydrogen-bond donors (Lipinski definition) is 1. The topological polar surface area (TPSA) is 70.3 Å². The van der Waals surface area contributed by atoms with Gasteiger partial charge in [-0.3, -0.25) is 4.68 Å². The van der Waals surface area contributed by atoms with Crippen molar-refractivity contribution in [2.75, 3.05) is 26.8 Å². The third kappa shape index (κ3) is 7.67. The highest BCUT2D eigenvalue weighted by molar-refractivity contribution is 9.08. The highest BCUT2D eigenvalue weighted by Gasteiger charge is 2.34. The van der Waals surface area contributed by atoms with E-state index in [2.05, 4.69) is 26.3 Å². The van der Waals surface area contributed by atoms with Gasteiger partial charge in [-0.2, -0.15) is 18.3 Å². The lowest BCUT2D eigenvalue weighted by molar-refractivity contribution is -0.127. The second-order valence-corrected chi connectivity index (χ2v) is 12.0. The van der Waals surface area contributed by atoms with E-state index in [4.69, 9.17) is 9.47 Å². The Labute approximate surface area is 281 Å². The van der Waals surface area contributed by atoms with Gasteiger partial charge in [-0.25, -0.2) is 4.79 Å². The number of aryl methyl sites for hydroxylation is 3. The standard InChI is InChI=1S/C36H40BrF3N4O3/c1-4-46-35(45)34-27(17-11-21-47-31-18-9-13-24-12-5-6-14-25(24)31)26-15-10-16-28(33(26)44(34)20-8-7-19-41-2)32-29(22-36(38,39)40)42-43(3)30(32)23-37/h5-6,9-10,12-16,18,41H,4,7-8,11,17,19-23H2,1-3H3. The maximum Gasteiger partial charge on any atom is 0.394 e. The van der Waals surface area contributed by atoms with Crippen LogP contribution in [0, 0.1) is 0 Å². The Morgan fingerprint density at radius 2 is 1.74 bits per heavy atom. The van der Waals surface area contributed by atoms with Crippen LogP contribution in [-0.4, -0.2) is 53.3 Å². The van der Waals surface area contributed by atoms with Gasteiger partial charge in [0.05, 0.1) is 36.5 Å². The summed E-state index contributed by atoms with van der Waals surface area (Å²) < 4.78 is 56.7. The number of carbonyl (C=O) groups is 1. The molecule has 0 saturated carbocycles. The maximum atomic E-state index is 13.8. The van der Waals surface area contributed by atoms with Crippen molar-refractivity contribution >= 4 is 43.6 Å². The molecule has 11 heteroatoms. The Kier molecular flexibility index (Phi) is 11.3. The first kappa shape index (κ1) is 34.5. The molecule has 0 fully saturated rings. The summed E-state index contributed by atoms with van der Waals surface area (Å²) in [5, 5.41) is 10.7. The van der Waals surface area contributed by atoms with Gasteiger partial charge in [0.25, 0.3) is 0 Å². The van der Waals surface area contributed by atoms with Crippen LogP contribution in [0.1, 0.15) is 53.6 Å². The van der Waals surface area contributed by atoms with Crippen LogP contribution >= 0.6 is 15.9 Å². The minimum absolute atomic E-state index is 0.0485. The summed E-state index contributed by atoms with van der Waals surface area (Å²) in [6.45, 7) is 3.67. The molecule has 250 valence electrons. The number of hydrogen-bond acceptors (Lipinski definition) is 5. The van der Waals surface area contributed by atoms with Gasteiger partial charge in [-0.15, -0.1) is 0 Å². The Balaban J connectivity index is 1.62. The second kappa shape index (κ2) is 15.4. The number of carbonyl (C=O) groups excluding carboxylic acids is 1. The summed E-state index contributed by atoms with van der Waals surface area (Å²) in [5.41, 5.74) is 3.57. The number of fused-ring (bicyclic) bond motifs is 2. The lowest BCUT2D eigenvalue weighted by Crippen LogP contribution is -2.16. The molecule has 1 N–H and O–H groups in total. The molecule has 0 atom stereocenters. The quantitative estimate of drug-likeness (QED) is 0.0671. The van der Waals surface area contributed by atoms with Crippen molar-refractivity contribution in [3.05, 3.63) is 83.3 Å². The van der Waals surface area contributed by atoms with Crippen molar-refractivity contribution in [1.29, 1.82) is 0 Å². The number of rotatable bonds is 15. The maximum absolute atomic E-state index is 13.8. The smallest absolute Gasteiger partial charge is 0.394 e. The number of nitrogens with one attached hydrogen (secondary N) is 1. The van der Waals surface area contributed by atoms with Crippen molar-refractivity contribution in [2.45, 2.75) is 57.1 Å². The summed E-state index contributed by atoms with van der Waals surface area (Å²) in [5.74, 6) is 0.342. The van der Waals surface area contributed by atoms with Gasteiger partial charge in [-0.1, -0.05) is 70.5 Å². The molecule has 47 heavy (non-hydrogen) atoms. The van der Waals surface area contributed by atoms with E-state index >= 15 is 0 Å². The number of unbranched alkanes of at least 4 members (excludes halogenated alkanes) is 1. The molecule has 2 heterocycles. The van der Waals surface area contributed by atoms with Crippen LogP contribution in [0.25, 0.3) is 32.8 Å². The van der Waals surface area contributed by atoms with Crippen molar-refractivity contribution in [1.82, 2.24) is 19.7 Å². The first-order chi connectivity index (χ1) is 22.7. The summed E-state index contributed by atoms with van der Waals surface area (Å²) in [7, 11) is 3.54. The number of alkyl halides is 4. The molecule has 0 saturated heterocycles. The summed E-state index contributed by atoms with van der Waals surface area (Å²) >= 11 is 3.49. The van der Waals surface area contributed by atoms with Crippen LogP contribution in [0.4, 0.5) is 13.2 Å². The van der Waals surface area contributed by atoms with E-state index in [0.29, 0.717) is 59.4 Å². The first-order valence-electron chi connectivity index (χ1n) is 15.9. The molecule has 2 aromatic heterocycles. The van der Waals surface area contributed by atoms with Crippen molar-refractivity contribution in [3.8, 4) is 16.9 Å². The molecule has 7 nitrogen and oxygen atoms in total. The number of nitrogens with zero attached hydrogens (tertiary/aromatic N) is 3. The number of esters is 1. The normalized spacial score (nSPS) is 11.9. The fourth-order valence-electron chi connectivity index (χ4n) is 6.31. The molecule has 5 rings (SSSR count). The molecule has 3 aromatic carbocycles. The van der Waals surface area contributed by atoms with Crippen LogP contribution < -0.4 is 10.1 Å². The summed E-state index contributed by atoms with van der Waals surface area (Å²) in [6.07, 6.45) is -2.88. The van der Waals surface area contributed by atoms with Gasteiger partial charge in [0.15, 0.2) is 0 Å². The van der Waals surface area contributed by atoms with Crippen LogP contribution in [0.5, 0.6) is 5.75 Å². The van der Waals surface area contributed by atoms with Crippen LogP contribution in [0.3, 0.4) is 0 Å². The van der Waals surface area contributed by atoms with Crippen molar-refractivity contribution < 1.29 is 27.4 Å². The van der Waals surface area contributed by atoms with Crippen molar-refractivity contribution in [2.24, 2.45) is 7.05 Å². The fraction of sp³-hybridized carbons (Fsp3) is 0.389. The molecule has 0 spiro atoms. The van der Waals surface area contributed by atoms with Crippen LogP contribution in [0.15, 0.2) is 60.7 Å². The Bertz CT molecular complexity index is 1840. The van der Waals surface area contributed by atoms with Crippen LogP contribution in [0.2, 0.25) is 0 Å². The molecule has 0 aliphatic heterocycles. The molecule has 0 amide bonds. The van der Waals surface area contributed by atoms with E-state index in [1.807, 2.05) is 72.3 Å². The molecule has 5 aromatic rings. The fourth-order valence-corrected chi connectivity index (χ4v) is 6.96. The van der Waals surface area contributed by atoms with Gasteiger partial charge in [0.2, 0.25) is 0 Å². The Hall–Kier alpha value is -3.83. The van der Waals surface area contributed by atoms with Gasteiger partial charge in [-0.05, 0) is 63.2 Å². The average Bonchev–Trinajstić information content (AvgIpc) is 3.53. The van der Waals surface area contributed by atoms with Gasteiger partial charge >= 0.3 is 12.1 Å². The number of ether oxygens (including phenoxy) is 2. The third-order valence-electron chi connectivity index (χ3n) is 8.29. The summed E-state index contributed by atoms with van der Waals surface area (Å²) in [6, 6.07) is 19.6. The lowest BCUT2D eigenvalue weighted by atomic mass is 9.97. The zero-order valence-corrected chi connectivity index (χ0v) is 28.5. The molecule has 0 unspecified atom stereocenters. The van der Waals surface area contributed by atoms with Gasteiger partial charge in [0, 0.05) is 40.8 Å².